The molecule has 1 atom stereocenters. The van der Waals surface area contributed by atoms with Crippen molar-refractivity contribution in [3.8, 4) is 0 Å². The number of thiazole rings is 1. The maximum absolute atomic E-state index is 11.3. The molecule has 4 nitrogen and oxygen atoms in total. The summed E-state index contributed by atoms with van der Waals surface area (Å²) >= 11 is 1.61. The summed E-state index contributed by atoms with van der Waals surface area (Å²) in [7, 11) is -0.813. The van der Waals surface area contributed by atoms with Crippen LogP contribution in [0.5, 0.6) is 0 Å². The van der Waals surface area contributed by atoms with Gasteiger partial charge in [0.1, 0.15) is 5.01 Å². The predicted molar refractivity (Wildman–Crippen MR) is 60.6 cm³/mol. The Labute approximate surface area is 93.9 Å². The molecule has 0 amide bonds. The average molecular weight is 246 g/mol. The highest BCUT2D eigenvalue weighted by atomic mass is 32.2. The van der Waals surface area contributed by atoms with Crippen molar-refractivity contribution in [1.82, 2.24) is 9.88 Å². The number of hydrogen-bond donors (Lipinski definition) is 0. The van der Waals surface area contributed by atoms with Gasteiger partial charge in [-0.05, 0) is 13.5 Å². The van der Waals surface area contributed by atoms with E-state index in [1.54, 1.807) is 17.5 Å². The van der Waals surface area contributed by atoms with Gasteiger partial charge in [0.2, 0.25) is 0 Å². The van der Waals surface area contributed by atoms with E-state index in [4.69, 9.17) is 0 Å². The summed E-state index contributed by atoms with van der Waals surface area (Å²) in [5, 5.41) is 2.98. The van der Waals surface area contributed by atoms with Crippen LogP contribution in [0.25, 0.3) is 0 Å². The topological polar surface area (TPSA) is 50.3 Å². The Morgan fingerprint density at radius 3 is 3.00 bits per heavy atom. The highest BCUT2D eigenvalue weighted by molar-refractivity contribution is 7.91. The van der Waals surface area contributed by atoms with Crippen LogP contribution in [0.15, 0.2) is 11.6 Å². The van der Waals surface area contributed by atoms with E-state index in [-0.39, 0.29) is 6.04 Å². The van der Waals surface area contributed by atoms with E-state index in [9.17, 15) is 8.42 Å². The van der Waals surface area contributed by atoms with Gasteiger partial charge in [0.15, 0.2) is 9.84 Å². The third-order valence-electron chi connectivity index (χ3n) is 2.70. The quantitative estimate of drug-likeness (QED) is 0.790. The second-order valence-corrected chi connectivity index (χ2v) is 7.11. The maximum Gasteiger partial charge on any atom is 0.151 e. The summed E-state index contributed by atoms with van der Waals surface area (Å²) in [5.41, 5.74) is 0. The summed E-state index contributed by atoms with van der Waals surface area (Å²) in [6, 6.07) is 0.166. The van der Waals surface area contributed by atoms with E-state index >= 15 is 0 Å². The molecule has 0 radical (unpaired) electrons. The molecule has 0 unspecified atom stereocenters. The lowest BCUT2D eigenvalue weighted by Crippen LogP contribution is -2.32. The van der Waals surface area contributed by atoms with Gasteiger partial charge in [-0.25, -0.2) is 13.4 Å². The van der Waals surface area contributed by atoms with Crippen molar-refractivity contribution in [2.45, 2.75) is 19.0 Å². The van der Waals surface area contributed by atoms with Crippen molar-refractivity contribution in [2.75, 3.05) is 18.6 Å². The number of aromatic nitrogens is 1. The molecule has 2 heterocycles. The van der Waals surface area contributed by atoms with Crippen molar-refractivity contribution in [3.05, 3.63) is 16.6 Å². The maximum atomic E-state index is 11.3. The fourth-order valence-corrected chi connectivity index (χ4v) is 4.28. The molecule has 0 bridgehead atoms. The molecule has 0 aromatic carbocycles. The largest absolute Gasteiger partial charge is 0.296 e. The first-order valence-electron chi connectivity index (χ1n) is 4.86. The lowest BCUT2D eigenvalue weighted by Gasteiger charge is -2.21. The number of nitrogens with zero attached hydrogens (tertiary/aromatic N) is 2. The van der Waals surface area contributed by atoms with Crippen molar-refractivity contribution in [3.63, 3.8) is 0 Å². The van der Waals surface area contributed by atoms with Crippen LogP contribution in [0.1, 0.15) is 11.4 Å². The Hall–Kier alpha value is -0.460. The Morgan fingerprint density at radius 1 is 1.67 bits per heavy atom. The number of rotatable bonds is 3. The number of sulfone groups is 1. The van der Waals surface area contributed by atoms with Crippen molar-refractivity contribution >= 4 is 21.2 Å². The van der Waals surface area contributed by atoms with Crippen molar-refractivity contribution < 1.29 is 8.42 Å². The molecule has 2 rings (SSSR count). The summed E-state index contributed by atoms with van der Waals surface area (Å²) in [6.45, 7) is 0.748. The molecule has 1 aromatic heterocycles. The van der Waals surface area contributed by atoms with E-state index in [0.717, 1.165) is 18.0 Å². The molecule has 1 aliphatic rings. The molecule has 0 N–H and O–H groups in total. The number of hydrogen-bond acceptors (Lipinski definition) is 5. The van der Waals surface area contributed by atoms with E-state index in [0.29, 0.717) is 11.5 Å². The van der Waals surface area contributed by atoms with Crippen LogP contribution in [0.2, 0.25) is 0 Å². The Balaban J connectivity index is 1.95. The zero-order valence-electron chi connectivity index (χ0n) is 8.59. The first-order valence-corrected chi connectivity index (χ1v) is 7.56. The fraction of sp³-hybridized carbons (Fsp3) is 0.667. The third kappa shape index (κ3) is 2.76. The second kappa shape index (κ2) is 4.19. The standard InChI is InChI=1S/C9H14N2O2S2/c1-11(6-9-10-3-4-14-9)8-2-5-15(12,13)7-8/h3-4,8H,2,5-7H2,1H3/t8-/m1/s1. The van der Waals surface area contributed by atoms with E-state index < -0.39 is 9.84 Å². The van der Waals surface area contributed by atoms with Gasteiger partial charge in [-0.2, -0.15) is 0 Å². The van der Waals surface area contributed by atoms with E-state index in [1.165, 1.54) is 0 Å². The van der Waals surface area contributed by atoms with Crippen LogP contribution in [-0.4, -0.2) is 42.9 Å². The summed E-state index contributed by atoms with van der Waals surface area (Å²) < 4.78 is 22.6. The van der Waals surface area contributed by atoms with Crippen LogP contribution in [0, 0.1) is 0 Å². The summed E-state index contributed by atoms with van der Waals surface area (Å²) in [4.78, 5) is 6.28. The molecule has 1 aromatic rings. The van der Waals surface area contributed by atoms with Gasteiger partial charge in [-0.3, -0.25) is 4.90 Å². The van der Waals surface area contributed by atoms with Crippen LogP contribution < -0.4 is 0 Å². The molecule has 1 saturated heterocycles. The summed E-state index contributed by atoms with van der Waals surface area (Å²) in [6.07, 6.45) is 2.53. The molecular weight excluding hydrogens is 232 g/mol. The highest BCUT2D eigenvalue weighted by Crippen LogP contribution is 2.18. The van der Waals surface area contributed by atoms with Crippen LogP contribution in [0.4, 0.5) is 0 Å². The van der Waals surface area contributed by atoms with Gasteiger partial charge in [0.05, 0.1) is 18.1 Å². The molecule has 84 valence electrons. The SMILES string of the molecule is CN(Cc1nccs1)[C@@H]1CCS(=O)(=O)C1. The van der Waals surface area contributed by atoms with Gasteiger partial charge in [0.25, 0.3) is 0 Å². The van der Waals surface area contributed by atoms with Crippen LogP contribution >= 0.6 is 11.3 Å². The molecule has 15 heavy (non-hydrogen) atoms. The monoisotopic (exact) mass is 246 g/mol. The van der Waals surface area contributed by atoms with Gasteiger partial charge >= 0.3 is 0 Å². The predicted octanol–water partition coefficient (Wildman–Crippen LogP) is 0.762. The fourth-order valence-electron chi connectivity index (χ4n) is 1.80. The Morgan fingerprint density at radius 2 is 2.47 bits per heavy atom. The van der Waals surface area contributed by atoms with Gasteiger partial charge in [0, 0.05) is 17.6 Å². The van der Waals surface area contributed by atoms with Crippen molar-refractivity contribution in [1.29, 1.82) is 0 Å². The third-order valence-corrected chi connectivity index (χ3v) is 5.21. The molecular formula is C9H14N2O2S2. The average Bonchev–Trinajstić information content (AvgIpc) is 2.74. The first kappa shape index (κ1) is 11.0. The van der Waals surface area contributed by atoms with Crippen LogP contribution in [-0.2, 0) is 16.4 Å². The molecule has 0 aliphatic carbocycles. The molecule has 6 heteroatoms. The first-order chi connectivity index (χ1) is 7.07. The minimum absolute atomic E-state index is 0.166. The molecule has 1 aliphatic heterocycles. The van der Waals surface area contributed by atoms with Crippen molar-refractivity contribution in [2.24, 2.45) is 0 Å². The van der Waals surface area contributed by atoms with Gasteiger partial charge in [-0.15, -0.1) is 11.3 Å². The Kier molecular flexibility index (Phi) is 3.08. The summed E-state index contributed by atoms with van der Waals surface area (Å²) in [5.74, 6) is 0.634. The normalized spacial score (nSPS) is 24.8. The molecule has 1 fully saturated rings. The highest BCUT2D eigenvalue weighted by Gasteiger charge is 2.30. The van der Waals surface area contributed by atoms with Crippen LogP contribution in [0.3, 0.4) is 0 Å². The Bertz CT molecular complexity index is 413. The lowest BCUT2D eigenvalue weighted by atomic mass is 10.2. The zero-order valence-corrected chi connectivity index (χ0v) is 10.2. The zero-order chi connectivity index (χ0) is 10.9. The van der Waals surface area contributed by atoms with Gasteiger partial charge in [-0.1, -0.05) is 0 Å². The van der Waals surface area contributed by atoms with Gasteiger partial charge < -0.3 is 0 Å². The minimum atomic E-state index is -2.78. The second-order valence-electron chi connectivity index (χ2n) is 3.90. The molecule has 0 spiro atoms. The smallest absolute Gasteiger partial charge is 0.151 e. The molecule has 0 saturated carbocycles. The minimum Gasteiger partial charge on any atom is -0.296 e. The van der Waals surface area contributed by atoms with E-state index in [1.807, 2.05) is 12.4 Å². The lowest BCUT2D eigenvalue weighted by molar-refractivity contribution is 0.253. The van der Waals surface area contributed by atoms with E-state index in [2.05, 4.69) is 9.88 Å².